The molecule has 17 heavy (non-hydrogen) atoms. The van der Waals surface area contributed by atoms with Crippen LogP contribution in [-0.2, 0) is 0 Å². The second-order valence-electron chi connectivity index (χ2n) is 4.32. The minimum Gasteiger partial charge on any atom is -0.330 e. The minimum absolute atomic E-state index is 0.107. The second-order valence-corrected chi connectivity index (χ2v) is 4.32. The van der Waals surface area contributed by atoms with Gasteiger partial charge in [-0.15, -0.1) is 0 Å². The largest absolute Gasteiger partial charge is 0.330 e. The van der Waals surface area contributed by atoms with Gasteiger partial charge in [0.05, 0.1) is 0 Å². The molecule has 2 atom stereocenters. The maximum Gasteiger partial charge on any atom is 0.159 e. The molecule has 4 heteroatoms. The Morgan fingerprint density at radius 2 is 1.94 bits per heavy atom. The molecule has 0 saturated heterocycles. The average molecular weight is 242 g/mol. The van der Waals surface area contributed by atoms with Crippen molar-refractivity contribution in [3.05, 3.63) is 35.4 Å². The number of hydrogen-bond acceptors (Lipinski definition) is 2. The Bertz CT molecular complexity index is 355. The van der Waals surface area contributed by atoms with Crippen LogP contribution >= 0.6 is 0 Å². The second kappa shape index (κ2) is 6.67. The Hall–Kier alpha value is -1.00. The molecule has 0 aliphatic rings. The molecule has 0 radical (unpaired) electrons. The van der Waals surface area contributed by atoms with Gasteiger partial charge in [-0.3, -0.25) is 0 Å². The van der Waals surface area contributed by atoms with E-state index in [4.69, 9.17) is 11.5 Å². The lowest BCUT2D eigenvalue weighted by atomic mass is 9.89. The Kier molecular flexibility index (Phi) is 5.51. The molecule has 0 amide bonds. The van der Waals surface area contributed by atoms with Crippen LogP contribution in [0.5, 0.6) is 0 Å². The molecule has 96 valence electrons. The molecule has 0 heterocycles. The summed E-state index contributed by atoms with van der Waals surface area (Å²) in [6, 6.07) is 3.77. The van der Waals surface area contributed by atoms with Crippen LogP contribution < -0.4 is 11.5 Å². The Morgan fingerprint density at radius 3 is 2.47 bits per heavy atom. The van der Waals surface area contributed by atoms with Gasteiger partial charge in [0.1, 0.15) is 0 Å². The van der Waals surface area contributed by atoms with E-state index in [0.29, 0.717) is 12.1 Å². The molecule has 0 aliphatic carbocycles. The smallest absolute Gasteiger partial charge is 0.159 e. The summed E-state index contributed by atoms with van der Waals surface area (Å²) in [5, 5.41) is 0. The molecular formula is C13H20F2N2. The van der Waals surface area contributed by atoms with E-state index in [9.17, 15) is 8.78 Å². The van der Waals surface area contributed by atoms with E-state index in [1.807, 2.05) is 0 Å². The van der Waals surface area contributed by atoms with Crippen LogP contribution in [0.15, 0.2) is 18.2 Å². The van der Waals surface area contributed by atoms with Crippen molar-refractivity contribution in [3.8, 4) is 0 Å². The number of benzene rings is 1. The van der Waals surface area contributed by atoms with Gasteiger partial charge in [-0.1, -0.05) is 25.8 Å². The van der Waals surface area contributed by atoms with Gasteiger partial charge >= 0.3 is 0 Å². The fourth-order valence-corrected chi connectivity index (χ4v) is 1.94. The fraction of sp³-hybridized carbons (Fsp3) is 0.538. The third-order valence-corrected chi connectivity index (χ3v) is 3.03. The quantitative estimate of drug-likeness (QED) is 0.805. The highest BCUT2D eigenvalue weighted by Crippen LogP contribution is 2.22. The summed E-state index contributed by atoms with van der Waals surface area (Å²) in [7, 11) is 0. The van der Waals surface area contributed by atoms with Crippen molar-refractivity contribution in [2.45, 2.75) is 38.1 Å². The van der Waals surface area contributed by atoms with E-state index < -0.39 is 11.6 Å². The molecule has 0 saturated carbocycles. The number of nitrogens with two attached hydrogens (primary N) is 2. The van der Waals surface area contributed by atoms with Crippen LogP contribution in [-0.4, -0.2) is 12.6 Å². The van der Waals surface area contributed by atoms with Crippen molar-refractivity contribution >= 4 is 0 Å². The normalized spacial score (nSPS) is 14.6. The summed E-state index contributed by atoms with van der Waals surface area (Å²) in [5.74, 6) is -1.80. The number of halogens is 2. The molecule has 1 rings (SSSR count). The molecule has 2 unspecified atom stereocenters. The lowest BCUT2D eigenvalue weighted by Gasteiger charge is -2.23. The molecule has 0 bridgehead atoms. The Labute approximate surface area is 101 Å². The van der Waals surface area contributed by atoms with Crippen LogP contribution in [0.25, 0.3) is 0 Å². The van der Waals surface area contributed by atoms with Crippen LogP contribution in [0.4, 0.5) is 8.78 Å². The van der Waals surface area contributed by atoms with Gasteiger partial charge in [-0.25, -0.2) is 8.78 Å². The zero-order valence-electron chi connectivity index (χ0n) is 10.1. The zero-order valence-corrected chi connectivity index (χ0v) is 10.1. The first-order valence-corrected chi connectivity index (χ1v) is 6.00. The van der Waals surface area contributed by atoms with Crippen LogP contribution in [0, 0.1) is 11.6 Å². The maximum atomic E-state index is 13.1. The van der Waals surface area contributed by atoms with Gasteiger partial charge in [-0.05, 0) is 24.1 Å². The third-order valence-electron chi connectivity index (χ3n) is 3.03. The highest BCUT2D eigenvalue weighted by Gasteiger charge is 2.19. The van der Waals surface area contributed by atoms with Gasteiger partial charge in [0, 0.05) is 18.5 Å². The predicted molar refractivity (Wildman–Crippen MR) is 65.7 cm³/mol. The first kappa shape index (κ1) is 14.1. The van der Waals surface area contributed by atoms with E-state index in [0.717, 1.165) is 25.3 Å². The summed E-state index contributed by atoms with van der Waals surface area (Å²) < 4.78 is 26.0. The third kappa shape index (κ3) is 3.75. The van der Waals surface area contributed by atoms with Gasteiger partial charge in [-0.2, -0.15) is 0 Å². The van der Waals surface area contributed by atoms with Gasteiger partial charge in [0.2, 0.25) is 0 Å². The Balaban J connectivity index is 2.81. The fourth-order valence-electron chi connectivity index (χ4n) is 1.94. The van der Waals surface area contributed by atoms with Crippen LogP contribution in [0.3, 0.4) is 0 Å². The van der Waals surface area contributed by atoms with Crippen molar-refractivity contribution in [1.29, 1.82) is 0 Å². The lowest BCUT2D eigenvalue weighted by molar-refractivity contribution is 0.476. The maximum absolute atomic E-state index is 13.1. The highest BCUT2D eigenvalue weighted by molar-refractivity contribution is 5.23. The van der Waals surface area contributed by atoms with E-state index in [2.05, 4.69) is 6.92 Å². The zero-order chi connectivity index (χ0) is 12.8. The van der Waals surface area contributed by atoms with E-state index in [1.54, 1.807) is 6.07 Å². The summed E-state index contributed by atoms with van der Waals surface area (Å²) in [4.78, 5) is 0. The van der Waals surface area contributed by atoms with Gasteiger partial charge < -0.3 is 11.5 Å². The summed E-state index contributed by atoms with van der Waals surface area (Å²) in [5.41, 5.74) is 12.4. The number of unbranched alkanes of at least 4 members (excludes halogenated alkanes) is 1. The highest BCUT2D eigenvalue weighted by atomic mass is 19.2. The first-order valence-electron chi connectivity index (χ1n) is 6.00. The summed E-state index contributed by atoms with van der Waals surface area (Å²) in [6.45, 7) is 2.43. The molecule has 4 N–H and O–H groups in total. The summed E-state index contributed by atoms with van der Waals surface area (Å²) >= 11 is 0. The van der Waals surface area contributed by atoms with E-state index in [1.165, 1.54) is 6.07 Å². The monoisotopic (exact) mass is 242 g/mol. The topological polar surface area (TPSA) is 52.0 Å². The summed E-state index contributed by atoms with van der Waals surface area (Å²) in [6.07, 6.45) is 2.92. The number of rotatable bonds is 6. The lowest BCUT2D eigenvalue weighted by Crippen LogP contribution is -2.33. The van der Waals surface area contributed by atoms with E-state index in [-0.39, 0.29) is 12.0 Å². The van der Waals surface area contributed by atoms with E-state index >= 15 is 0 Å². The van der Waals surface area contributed by atoms with Crippen molar-refractivity contribution in [3.63, 3.8) is 0 Å². The van der Waals surface area contributed by atoms with Crippen LogP contribution in [0.1, 0.15) is 37.7 Å². The van der Waals surface area contributed by atoms with Gasteiger partial charge in [0.15, 0.2) is 11.6 Å². The molecule has 2 nitrogen and oxygen atoms in total. The van der Waals surface area contributed by atoms with Crippen molar-refractivity contribution in [2.75, 3.05) is 6.54 Å². The van der Waals surface area contributed by atoms with Crippen molar-refractivity contribution < 1.29 is 8.78 Å². The molecule has 1 aromatic rings. The van der Waals surface area contributed by atoms with Gasteiger partial charge in [0.25, 0.3) is 0 Å². The first-order chi connectivity index (χ1) is 8.10. The molecule has 0 aliphatic heterocycles. The SMILES string of the molecule is CCCCC(N)C(CN)c1ccc(F)c(F)c1. The molecule has 0 fully saturated rings. The van der Waals surface area contributed by atoms with Crippen molar-refractivity contribution in [1.82, 2.24) is 0 Å². The molecule has 0 spiro atoms. The average Bonchev–Trinajstić information content (AvgIpc) is 2.32. The predicted octanol–water partition coefficient (Wildman–Crippen LogP) is 2.52. The van der Waals surface area contributed by atoms with Crippen molar-refractivity contribution in [2.24, 2.45) is 11.5 Å². The molecular weight excluding hydrogens is 222 g/mol. The minimum atomic E-state index is -0.844. The number of hydrogen-bond donors (Lipinski definition) is 2. The Morgan fingerprint density at radius 1 is 1.24 bits per heavy atom. The molecule has 0 aromatic heterocycles. The van der Waals surface area contributed by atoms with Crippen LogP contribution in [0.2, 0.25) is 0 Å². The molecule has 1 aromatic carbocycles. The standard InChI is InChI=1S/C13H20F2N2/c1-2-3-4-13(17)10(8-16)9-5-6-11(14)12(15)7-9/h5-7,10,13H,2-4,8,16-17H2,1H3.